The predicted octanol–water partition coefficient (Wildman–Crippen LogP) is 1.95. The molecule has 0 radical (unpaired) electrons. The summed E-state index contributed by atoms with van der Waals surface area (Å²) in [6, 6.07) is 10.7. The Kier molecular flexibility index (Phi) is 4.74. The molecule has 0 saturated heterocycles. The van der Waals surface area contributed by atoms with Crippen molar-refractivity contribution in [3.63, 3.8) is 0 Å². The lowest BCUT2D eigenvalue weighted by Gasteiger charge is -2.17. The van der Waals surface area contributed by atoms with Crippen molar-refractivity contribution in [2.24, 2.45) is 0 Å². The number of nitrogens with one attached hydrogen (secondary N) is 1. The average Bonchev–Trinajstić information content (AvgIpc) is 2.65. The summed E-state index contributed by atoms with van der Waals surface area (Å²) >= 11 is 0. The molecule has 0 fully saturated rings. The van der Waals surface area contributed by atoms with Gasteiger partial charge in [0.25, 0.3) is 11.5 Å². The number of nitrogens with zero attached hydrogens (tertiary/aromatic N) is 3. The minimum atomic E-state index is -0.834. The molecule has 0 aliphatic rings. The zero-order valence-electron chi connectivity index (χ0n) is 13.8. The van der Waals surface area contributed by atoms with E-state index >= 15 is 0 Å². The normalized spacial score (nSPS) is 10.5. The van der Waals surface area contributed by atoms with Crippen LogP contribution in [0, 0.1) is 5.82 Å². The van der Waals surface area contributed by atoms with Crippen LogP contribution >= 0.6 is 0 Å². The van der Waals surface area contributed by atoms with Gasteiger partial charge in [0.2, 0.25) is 5.75 Å². The third-order valence-electron chi connectivity index (χ3n) is 3.68. The number of carbonyl (C=O) groups is 1. The van der Waals surface area contributed by atoms with Crippen LogP contribution in [0.5, 0.6) is 5.75 Å². The maximum Gasteiger partial charge on any atom is 0.294 e. The Labute approximate surface area is 147 Å². The number of H-pyrrole nitrogens is 1. The molecule has 3 aromatic rings. The van der Waals surface area contributed by atoms with Crippen molar-refractivity contribution in [3.8, 4) is 17.3 Å². The van der Waals surface area contributed by atoms with E-state index in [0.717, 1.165) is 0 Å². The smallest absolute Gasteiger partial charge is 0.294 e. The summed E-state index contributed by atoms with van der Waals surface area (Å²) < 4.78 is 13.0. The van der Waals surface area contributed by atoms with Crippen molar-refractivity contribution in [2.75, 3.05) is 7.05 Å². The fourth-order valence-corrected chi connectivity index (χ4v) is 2.36. The van der Waals surface area contributed by atoms with Crippen LogP contribution in [0.25, 0.3) is 11.5 Å². The minimum Gasteiger partial charge on any atom is -0.501 e. The molecular weight excluding hydrogens is 339 g/mol. The topological polar surface area (TPSA) is 99.2 Å². The Morgan fingerprint density at radius 3 is 2.62 bits per heavy atom. The number of pyridine rings is 1. The van der Waals surface area contributed by atoms with Crippen LogP contribution in [0.2, 0.25) is 0 Å². The number of aromatic nitrogens is 3. The maximum atomic E-state index is 13.0. The van der Waals surface area contributed by atoms with Crippen LogP contribution in [-0.4, -0.2) is 37.9 Å². The highest BCUT2D eigenvalue weighted by molar-refractivity contribution is 5.94. The number of carbonyl (C=O) groups excluding carboxylic acids is 1. The van der Waals surface area contributed by atoms with Crippen molar-refractivity contribution >= 4 is 5.91 Å². The summed E-state index contributed by atoms with van der Waals surface area (Å²) in [5, 5.41) is 9.97. The fourth-order valence-electron chi connectivity index (χ4n) is 2.36. The van der Waals surface area contributed by atoms with E-state index in [4.69, 9.17) is 0 Å². The monoisotopic (exact) mass is 354 g/mol. The van der Waals surface area contributed by atoms with Gasteiger partial charge >= 0.3 is 0 Å². The van der Waals surface area contributed by atoms with E-state index in [2.05, 4.69) is 15.0 Å². The zero-order chi connectivity index (χ0) is 18.7. The van der Waals surface area contributed by atoms with Crippen LogP contribution in [0.3, 0.4) is 0 Å². The second kappa shape index (κ2) is 7.14. The summed E-state index contributed by atoms with van der Waals surface area (Å²) in [5.41, 5.74) is -0.158. The van der Waals surface area contributed by atoms with Gasteiger partial charge in [0.05, 0.1) is 0 Å². The largest absolute Gasteiger partial charge is 0.501 e. The molecule has 0 saturated carbocycles. The third-order valence-corrected chi connectivity index (χ3v) is 3.68. The van der Waals surface area contributed by atoms with E-state index in [0.29, 0.717) is 11.3 Å². The first-order valence-corrected chi connectivity index (χ1v) is 7.70. The number of rotatable bonds is 4. The lowest BCUT2D eigenvalue weighted by molar-refractivity contribution is 0.0775. The van der Waals surface area contributed by atoms with E-state index in [1.165, 1.54) is 30.3 Å². The van der Waals surface area contributed by atoms with Gasteiger partial charge in [-0.2, -0.15) is 0 Å². The van der Waals surface area contributed by atoms with Crippen LogP contribution in [-0.2, 0) is 6.54 Å². The molecule has 8 heteroatoms. The third kappa shape index (κ3) is 3.59. The van der Waals surface area contributed by atoms with Crippen LogP contribution < -0.4 is 5.56 Å². The molecule has 1 amide bonds. The number of halogens is 1. The number of aromatic amines is 1. The summed E-state index contributed by atoms with van der Waals surface area (Å²) in [4.78, 5) is 36.4. The molecule has 0 atom stereocenters. The molecule has 26 heavy (non-hydrogen) atoms. The van der Waals surface area contributed by atoms with Gasteiger partial charge in [0, 0.05) is 19.8 Å². The van der Waals surface area contributed by atoms with Crippen molar-refractivity contribution in [1.82, 2.24) is 19.9 Å². The number of benzene rings is 1. The number of amides is 1. The highest BCUT2D eigenvalue weighted by atomic mass is 19.1. The van der Waals surface area contributed by atoms with Gasteiger partial charge in [-0.3, -0.25) is 14.6 Å². The highest BCUT2D eigenvalue weighted by Gasteiger charge is 2.22. The second-order valence-corrected chi connectivity index (χ2v) is 5.61. The van der Waals surface area contributed by atoms with E-state index in [9.17, 15) is 19.1 Å². The van der Waals surface area contributed by atoms with Gasteiger partial charge in [-0.1, -0.05) is 18.2 Å². The molecular formula is C18H15FN4O3. The average molecular weight is 354 g/mol. The van der Waals surface area contributed by atoms with Gasteiger partial charge in [-0.15, -0.1) is 0 Å². The summed E-state index contributed by atoms with van der Waals surface area (Å²) in [6.07, 6.45) is 1.52. The molecule has 132 valence electrons. The lowest BCUT2D eigenvalue weighted by Crippen LogP contribution is -2.29. The summed E-state index contributed by atoms with van der Waals surface area (Å²) in [7, 11) is 1.49. The Morgan fingerprint density at radius 2 is 1.96 bits per heavy atom. The SMILES string of the molecule is CN(Cc1ccc(F)cc1)C(=O)c1nc(-c2ccccn2)[nH]c(=O)c1O. The van der Waals surface area contributed by atoms with Gasteiger partial charge in [-0.25, -0.2) is 9.37 Å². The first-order chi connectivity index (χ1) is 12.5. The maximum absolute atomic E-state index is 13.0. The lowest BCUT2D eigenvalue weighted by atomic mass is 10.2. The quantitative estimate of drug-likeness (QED) is 0.746. The van der Waals surface area contributed by atoms with E-state index in [-0.39, 0.29) is 23.9 Å². The van der Waals surface area contributed by atoms with Crippen molar-refractivity contribution in [3.05, 3.63) is 76.1 Å². The zero-order valence-corrected chi connectivity index (χ0v) is 13.8. The molecule has 2 N–H and O–H groups in total. The molecule has 0 bridgehead atoms. The molecule has 0 aliphatic carbocycles. The second-order valence-electron chi connectivity index (χ2n) is 5.61. The molecule has 0 spiro atoms. The van der Waals surface area contributed by atoms with Crippen LogP contribution in [0.1, 0.15) is 16.1 Å². The minimum absolute atomic E-state index is 0.0759. The predicted molar refractivity (Wildman–Crippen MR) is 92.0 cm³/mol. The van der Waals surface area contributed by atoms with Crippen LogP contribution in [0.15, 0.2) is 53.5 Å². The van der Waals surface area contributed by atoms with Crippen molar-refractivity contribution in [1.29, 1.82) is 0 Å². The van der Waals surface area contributed by atoms with Crippen molar-refractivity contribution < 1.29 is 14.3 Å². The molecule has 7 nitrogen and oxygen atoms in total. The van der Waals surface area contributed by atoms with E-state index in [1.54, 1.807) is 30.3 Å². The van der Waals surface area contributed by atoms with Crippen LogP contribution in [0.4, 0.5) is 4.39 Å². The standard InChI is InChI=1S/C18H15FN4O3/c1-23(10-11-5-7-12(19)8-6-11)18(26)14-15(24)17(25)22-16(21-14)13-4-2-3-9-20-13/h2-9,24H,10H2,1H3,(H,21,22,25). The van der Waals surface area contributed by atoms with Crippen molar-refractivity contribution in [2.45, 2.75) is 6.54 Å². The molecule has 2 aromatic heterocycles. The number of aromatic hydroxyl groups is 1. The van der Waals surface area contributed by atoms with Gasteiger partial charge in [0.1, 0.15) is 11.5 Å². The molecule has 1 aromatic carbocycles. The molecule has 0 unspecified atom stereocenters. The summed E-state index contributed by atoms with van der Waals surface area (Å²) in [5.74, 6) is -1.71. The molecule has 3 rings (SSSR count). The number of hydrogen-bond donors (Lipinski definition) is 2. The Bertz CT molecular complexity index is 988. The Morgan fingerprint density at radius 1 is 1.23 bits per heavy atom. The highest BCUT2D eigenvalue weighted by Crippen LogP contribution is 2.17. The van der Waals surface area contributed by atoms with E-state index < -0.39 is 17.2 Å². The van der Waals surface area contributed by atoms with Gasteiger partial charge in [0.15, 0.2) is 11.5 Å². The first-order valence-electron chi connectivity index (χ1n) is 7.70. The molecule has 2 heterocycles. The van der Waals surface area contributed by atoms with E-state index in [1.807, 2.05) is 0 Å². The molecule has 0 aliphatic heterocycles. The van der Waals surface area contributed by atoms with Gasteiger partial charge in [-0.05, 0) is 29.8 Å². The first kappa shape index (κ1) is 17.3. The Balaban J connectivity index is 1.92. The number of hydrogen-bond acceptors (Lipinski definition) is 5. The Hall–Kier alpha value is -3.55. The fraction of sp³-hybridized carbons (Fsp3) is 0.111. The summed E-state index contributed by atoms with van der Waals surface area (Å²) in [6.45, 7) is 0.159. The van der Waals surface area contributed by atoms with Gasteiger partial charge < -0.3 is 15.0 Å².